The Hall–Kier alpha value is -3.61. The van der Waals surface area contributed by atoms with Crippen LogP contribution in [0.3, 0.4) is 0 Å². The van der Waals surface area contributed by atoms with E-state index in [1.165, 1.54) is 4.57 Å². The van der Waals surface area contributed by atoms with Crippen LogP contribution in [0, 0.1) is 20.8 Å². The van der Waals surface area contributed by atoms with Crippen molar-refractivity contribution in [2.75, 3.05) is 11.9 Å². The molecule has 0 fully saturated rings. The van der Waals surface area contributed by atoms with Gasteiger partial charge in [0.15, 0.2) is 6.10 Å². The number of carbonyl (C=O) groups is 2. The lowest BCUT2D eigenvalue weighted by molar-refractivity contribution is -0.150. The van der Waals surface area contributed by atoms with Gasteiger partial charge in [0.25, 0.3) is 5.56 Å². The molecule has 1 N–H and O–H groups in total. The molecule has 1 atom stereocenters. The summed E-state index contributed by atoms with van der Waals surface area (Å²) in [6, 6.07) is 10.8. The van der Waals surface area contributed by atoms with E-state index in [9.17, 15) is 14.4 Å². The second-order valence-corrected chi connectivity index (χ2v) is 7.80. The number of benzene rings is 2. The summed E-state index contributed by atoms with van der Waals surface area (Å²) in [5.41, 5.74) is 3.51. The van der Waals surface area contributed by atoms with E-state index in [2.05, 4.69) is 5.32 Å². The number of nitrogens with zero attached hydrogens (tertiary/aromatic N) is 1. The van der Waals surface area contributed by atoms with Gasteiger partial charge in [0.2, 0.25) is 5.91 Å². The van der Waals surface area contributed by atoms with Crippen molar-refractivity contribution >= 4 is 28.3 Å². The Balaban J connectivity index is 1.84. The molecule has 1 heterocycles. The van der Waals surface area contributed by atoms with E-state index >= 15 is 0 Å². The van der Waals surface area contributed by atoms with Crippen molar-refractivity contribution < 1.29 is 19.1 Å². The topological polar surface area (TPSA) is 86.6 Å². The molecule has 1 amide bonds. The van der Waals surface area contributed by atoms with Crippen LogP contribution in [-0.4, -0.2) is 29.2 Å². The molecule has 0 bridgehead atoms. The lowest BCUT2D eigenvalue weighted by Crippen LogP contribution is -2.28. The minimum absolute atomic E-state index is 0.119. The number of ether oxygens (including phenoxy) is 2. The molecule has 0 saturated heterocycles. The fraction of sp³-hybridized carbons (Fsp3) is 0.320. The lowest BCUT2D eigenvalue weighted by Gasteiger charge is -2.16. The van der Waals surface area contributed by atoms with Crippen LogP contribution in [-0.2, 0) is 20.9 Å². The van der Waals surface area contributed by atoms with Crippen LogP contribution in [0.2, 0.25) is 0 Å². The normalized spacial score (nSPS) is 11.8. The molecule has 1 aromatic heterocycles. The van der Waals surface area contributed by atoms with Crippen molar-refractivity contribution in [3.63, 3.8) is 0 Å². The highest BCUT2D eigenvalue weighted by atomic mass is 16.6. The van der Waals surface area contributed by atoms with E-state index in [4.69, 9.17) is 9.47 Å². The first kappa shape index (κ1) is 23.1. The highest BCUT2D eigenvalue weighted by molar-refractivity contribution is 5.93. The second kappa shape index (κ2) is 9.68. The number of amides is 1. The van der Waals surface area contributed by atoms with Gasteiger partial charge in [0.05, 0.1) is 12.0 Å². The van der Waals surface area contributed by atoms with E-state index in [1.807, 2.05) is 32.9 Å². The quantitative estimate of drug-likeness (QED) is 0.568. The lowest BCUT2D eigenvalue weighted by atomic mass is 10.1. The number of carbonyl (C=O) groups excluding carboxylic acids is 2. The monoisotopic (exact) mass is 436 g/mol. The van der Waals surface area contributed by atoms with Gasteiger partial charge in [0.1, 0.15) is 12.3 Å². The number of aromatic nitrogens is 1. The smallest absolute Gasteiger partial charge is 0.347 e. The van der Waals surface area contributed by atoms with E-state index in [1.54, 1.807) is 44.3 Å². The van der Waals surface area contributed by atoms with Crippen LogP contribution in [0.15, 0.2) is 47.4 Å². The van der Waals surface area contributed by atoms with Gasteiger partial charge in [-0.15, -0.1) is 0 Å². The van der Waals surface area contributed by atoms with E-state index < -0.39 is 12.1 Å². The van der Waals surface area contributed by atoms with Crippen molar-refractivity contribution in [2.24, 2.45) is 0 Å². The average Bonchev–Trinajstić information content (AvgIpc) is 2.73. The maximum absolute atomic E-state index is 13.0. The second-order valence-electron chi connectivity index (χ2n) is 7.80. The number of esters is 1. The van der Waals surface area contributed by atoms with Crippen LogP contribution < -0.4 is 15.6 Å². The number of pyridine rings is 1. The molecular formula is C25H28N2O5. The van der Waals surface area contributed by atoms with Gasteiger partial charge >= 0.3 is 5.97 Å². The molecule has 168 valence electrons. The highest BCUT2D eigenvalue weighted by Gasteiger charge is 2.18. The maximum atomic E-state index is 13.0. The van der Waals surface area contributed by atoms with Gasteiger partial charge in [0, 0.05) is 17.3 Å². The Bertz CT molecular complexity index is 1210. The molecule has 0 aliphatic heterocycles. The highest BCUT2D eigenvalue weighted by Crippen LogP contribution is 2.25. The molecule has 0 aliphatic carbocycles. The number of rotatable bonds is 7. The molecular weight excluding hydrogens is 408 g/mol. The average molecular weight is 437 g/mol. The zero-order valence-electron chi connectivity index (χ0n) is 19.0. The Morgan fingerprint density at radius 1 is 1.06 bits per heavy atom. The maximum Gasteiger partial charge on any atom is 0.347 e. The molecule has 0 saturated carbocycles. The molecule has 0 radical (unpaired) electrons. The summed E-state index contributed by atoms with van der Waals surface area (Å²) in [5, 5.41) is 3.88. The predicted molar refractivity (Wildman–Crippen MR) is 124 cm³/mol. The van der Waals surface area contributed by atoms with Crippen LogP contribution >= 0.6 is 0 Å². The molecule has 0 aliphatic rings. The summed E-state index contributed by atoms with van der Waals surface area (Å²) in [4.78, 5) is 37.6. The number of fused-ring (bicyclic) bond motifs is 1. The zero-order chi connectivity index (χ0) is 23.4. The van der Waals surface area contributed by atoms with Crippen LogP contribution in [0.4, 0.5) is 5.69 Å². The van der Waals surface area contributed by atoms with Gasteiger partial charge in [-0.05, 0) is 63.9 Å². The first-order chi connectivity index (χ1) is 15.2. The third kappa shape index (κ3) is 4.99. The van der Waals surface area contributed by atoms with Crippen molar-refractivity contribution in [3.05, 3.63) is 69.6 Å². The standard InChI is InChI=1S/C25H28N2O5/c1-6-31-25(30)18(5)32-21-9-7-8-20-19(21)10-11-27(24(20)29)14-22(28)26-23-16(3)12-15(2)13-17(23)4/h7-13,18H,6,14H2,1-5H3,(H,26,28). The molecule has 3 aromatic rings. The molecule has 2 aromatic carbocycles. The first-order valence-electron chi connectivity index (χ1n) is 10.5. The van der Waals surface area contributed by atoms with Gasteiger partial charge in [-0.2, -0.15) is 0 Å². The minimum atomic E-state index is -0.810. The largest absolute Gasteiger partial charge is 0.478 e. The van der Waals surface area contributed by atoms with Gasteiger partial charge < -0.3 is 19.4 Å². The summed E-state index contributed by atoms with van der Waals surface area (Å²) in [6.45, 7) is 9.35. The van der Waals surface area contributed by atoms with Gasteiger partial charge in [-0.3, -0.25) is 9.59 Å². The minimum Gasteiger partial charge on any atom is -0.478 e. The third-order valence-corrected chi connectivity index (χ3v) is 5.16. The first-order valence-corrected chi connectivity index (χ1v) is 10.5. The van der Waals surface area contributed by atoms with Crippen LogP contribution in [0.5, 0.6) is 5.75 Å². The molecule has 7 heteroatoms. The predicted octanol–water partition coefficient (Wildman–Crippen LogP) is 3.90. The molecule has 32 heavy (non-hydrogen) atoms. The Labute approximate surface area is 187 Å². The third-order valence-electron chi connectivity index (χ3n) is 5.16. The van der Waals surface area contributed by atoms with Crippen LogP contribution in [0.1, 0.15) is 30.5 Å². The fourth-order valence-electron chi connectivity index (χ4n) is 3.73. The zero-order valence-corrected chi connectivity index (χ0v) is 19.0. The number of hydrogen-bond donors (Lipinski definition) is 1. The SMILES string of the molecule is CCOC(=O)C(C)Oc1cccc2c(=O)n(CC(=O)Nc3c(C)cc(C)cc3C)ccc12. The molecule has 7 nitrogen and oxygen atoms in total. The molecule has 0 spiro atoms. The van der Waals surface area contributed by atoms with Crippen molar-refractivity contribution in [1.29, 1.82) is 0 Å². The number of nitrogens with one attached hydrogen (secondary N) is 1. The summed E-state index contributed by atoms with van der Waals surface area (Å²) in [6.07, 6.45) is 0.746. The van der Waals surface area contributed by atoms with Crippen molar-refractivity contribution in [3.8, 4) is 5.75 Å². The Kier molecular flexibility index (Phi) is 6.98. The summed E-state index contributed by atoms with van der Waals surface area (Å²) in [7, 11) is 0. The van der Waals surface area contributed by atoms with Crippen molar-refractivity contribution in [1.82, 2.24) is 4.57 Å². The summed E-state index contributed by atoms with van der Waals surface area (Å²) < 4.78 is 12.1. The number of hydrogen-bond acceptors (Lipinski definition) is 5. The Morgan fingerprint density at radius 2 is 1.75 bits per heavy atom. The van der Waals surface area contributed by atoms with Crippen molar-refractivity contribution in [2.45, 2.75) is 47.3 Å². The van der Waals surface area contributed by atoms with Gasteiger partial charge in [-0.1, -0.05) is 23.8 Å². The molecule has 1 unspecified atom stereocenters. The molecule has 3 rings (SSSR count). The summed E-state index contributed by atoms with van der Waals surface area (Å²) >= 11 is 0. The van der Waals surface area contributed by atoms with Gasteiger partial charge in [-0.25, -0.2) is 4.79 Å². The Morgan fingerprint density at radius 3 is 2.41 bits per heavy atom. The summed E-state index contributed by atoms with van der Waals surface area (Å²) in [5.74, 6) is -0.358. The number of aryl methyl sites for hydroxylation is 3. The van der Waals surface area contributed by atoms with Crippen LogP contribution in [0.25, 0.3) is 10.8 Å². The van der Waals surface area contributed by atoms with E-state index in [-0.39, 0.29) is 24.6 Å². The fourth-order valence-corrected chi connectivity index (χ4v) is 3.73. The number of anilines is 1. The van der Waals surface area contributed by atoms with E-state index in [0.29, 0.717) is 16.5 Å². The van der Waals surface area contributed by atoms with E-state index in [0.717, 1.165) is 22.4 Å².